The van der Waals surface area contributed by atoms with Crippen molar-refractivity contribution in [3.05, 3.63) is 0 Å². The Morgan fingerprint density at radius 3 is 2.50 bits per heavy atom. The van der Waals surface area contributed by atoms with Crippen LogP contribution in [0.1, 0.15) is 59.8 Å². The topological polar surface area (TPSA) is 12.0 Å². The van der Waals surface area contributed by atoms with Crippen molar-refractivity contribution in [1.29, 1.82) is 0 Å². The van der Waals surface area contributed by atoms with Crippen LogP contribution >= 0.6 is 11.8 Å². The molecule has 0 aromatic carbocycles. The van der Waals surface area contributed by atoms with E-state index in [2.05, 4.69) is 39.3 Å². The number of hydrogen-bond donors (Lipinski definition) is 1. The number of hydrogen-bond acceptors (Lipinski definition) is 2. The van der Waals surface area contributed by atoms with Gasteiger partial charge >= 0.3 is 0 Å². The van der Waals surface area contributed by atoms with Crippen LogP contribution in [0, 0.1) is 17.8 Å². The van der Waals surface area contributed by atoms with Gasteiger partial charge in [-0.2, -0.15) is 11.8 Å². The van der Waals surface area contributed by atoms with Gasteiger partial charge in [-0.3, -0.25) is 0 Å². The van der Waals surface area contributed by atoms with Crippen molar-refractivity contribution in [3.8, 4) is 0 Å². The van der Waals surface area contributed by atoms with E-state index in [1.807, 2.05) is 11.8 Å². The van der Waals surface area contributed by atoms with Gasteiger partial charge in [0.2, 0.25) is 0 Å². The second kappa shape index (κ2) is 7.79. The first-order valence-corrected chi connectivity index (χ1v) is 9.05. The van der Waals surface area contributed by atoms with Gasteiger partial charge in [-0.25, -0.2) is 0 Å². The second-order valence-electron chi connectivity index (χ2n) is 7.20. The predicted octanol–water partition coefficient (Wildman–Crippen LogP) is 4.57. The van der Waals surface area contributed by atoms with E-state index in [0.29, 0.717) is 0 Å². The van der Waals surface area contributed by atoms with E-state index >= 15 is 0 Å². The van der Waals surface area contributed by atoms with Crippen molar-refractivity contribution in [3.63, 3.8) is 0 Å². The molecule has 3 atom stereocenters. The molecule has 0 aromatic rings. The molecular formula is C16H33NS. The van der Waals surface area contributed by atoms with Crippen molar-refractivity contribution < 1.29 is 0 Å². The molecule has 1 N–H and O–H groups in total. The highest BCUT2D eigenvalue weighted by molar-refractivity contribution is 7.98. The molecule has 0 amide bonds. The van der Waals surface area contributed by atoms with Gasteiger partial charge in [-0.1, -0.05) is 13.3 Å². The summed E-state index contributed by atoms with van der Waals surface area (Å²) >= 11 is 1.99. The van der Waals surface area contributed by atoms with Crippen LogP contribution in [0.15, 0.2) is 0 Å². The minimum absolute atomic E-state index is 0.271. The fourth-order valence-electron chi connectivity index (χ4n) is 3.11. The zero-order valence-corrected chi connectivity index (χ0v) is 13.9. The average molecular weight is 272 g/mol. The Morgan fingerprint density at radius 2 is 1.89 bits per heavy atom. The lowest BCUT2D eigenvalue weighted by molar-refractivity contribution is 0.165. The molecule has 1 nitrogen and oxygen atoms in total. The van der Waals surface area contributed by atoms with Gasteiger partial charge in [0.25, 0.3) is 0 Å². The highest BCUT2D eigenvalue weighted by atomic mass is 32.2. The van der Waals surface area contributed by atoms with Gasteiger partial charge < -0.3 is 5.32 Å². The normalized spacial score (nSPS) is 29.5. The van der Waals surface area contributed by atoms with Crippen molar-refractivity contribution >= 4 is 11.8 Å². The molecular weight excluding hydrogens is 238 g/mol. The highest BCUT2D eigenvalue weighted by Crippen LogP contribution is 2.36. The Bertz CT molecular complexity index is 222. The van der Waals surface area contributed by atoms with E-state index in [4.69, 9.17) is 0 Å². The lowest BCUT2D eigenvalue weighted by atomic mass is 9.72. The van der Waals surface area contributed by atoms with Crippen molar-refractivity contribution in [2.45, 2.75) is 65.3 Å². The Morgan fingerprint density at radius 1 is 1.17 bits per heavy atom. The molecule has 0 radical (unpaired) electrons. The number of rotatable bonds is 6. The van der Waals surface area contributed by atoms with Crippen LogP contribution in [0.5, 0.6) is 0 Å². The van der Waals surface area contributed by atoms with Gasteiger partial charge in [-0.15, -0.1) is 0 Å². The molecule has 3 unspecified atom stereocenters. The van der Waals surface area contributed by atoms with Crippen LogP contribution in [0.4, 0.5) is 0 Å². The highest BCUT2D eigenvalue weighted by Gasteiger charge is 2.28. The summed E-state index contributed by atoms with van der Waals surface area (Å²) in [6.45, 7) is 10.5. The molecule has 18 heavy (non-hydrogen) atoms. The lowest BCUT2D eigenvalue weighted by Gasteiger charge is -2.37. The van der Waals surface area contributed by atoms with Gasteiger partial charge in [-0.05, 0) is 82.8 Å². The fourth-order valence-corrected chi connectivity index (χ4v) is 3.57. The SMILES string of the molecule is CSCCCC1CC(C)CCC1CNC(C)(C)C. The Balaban J connectivity index is 2.40. The molecule has 0 bridgehead atoms. The molecule has 1 aliphatic rings. The summed E-state index contributed by atoms with van der Waals surface area (Å²) in [5.41, 5.74) is 0.271. The van der Waals surface area contributed by atoms with E-state index in [9.17, 15) is 0 Å². The Kier molecular flexibility index (Phi) is 7.08. The summed E-state index contributed by atoms with van der Waals surface area (Å²) in [6.07, 6.45) is 9.42. The van der Waals surface area contributed by atoms with Crippen LogP contribution in [0.2, 0.25) is 0 Å². The maximum atomic E-state index is 3.72. The van der Waals surface area contributed by atoms with Crippen LogP contribution < -0.4 is 5.32 Å². The molecule has 108 valence electrons. The smallest absolute Gasteiger partial charge is 0.00966 e. The molecule has 0 aliphatic heterocycles. The number of thioether (sulfide) groups is 1. The van der Waals surface area contributed by atoms with Crippen molar-refractivity contribution in [1.82, 2.24) is 5.32 Å². The van der Waals surface area contributed by atoms with Crippen molar-refractivity contribution in [2.75, 3.05) is 18.6 Å². The van der Waals surface area contributed by atoms with E-state index < -0.39 is 0 Å². The molecule has 0 saturated heterocycles. The summed E-state index contributed by atoms with van der Waals surface area (Å²) in [4.78, 5) is 0. The standard InChI is InChI=1S/C16H33NS/c1-13-8-9-15(12-17-16(2,3)4)14(11-13)7-6-10-18-5/h13-15,17H,6-12H2,1-5H3. The summed E-state index contributed by atoms with van der Waals surface area (Å²) in [6, 6.07) is 0. The number of nitrogens with one attached hydrogen (secondary N) is 1. The van der Waals surface area contributed by atoms with Crippen LogP contribution in [0.3, 0.4) is 0 Å². The third-order valence-corrected chi connectivity index (χ3v) is 4.92. The maximum absolute atomic E-state index is 3.72. The molecule has 1 rings (SSSR count). The molecule has 0 aromatic heterocycles. The molecule has 0 heterocycles. The molecule has 1 fully saturated rings. The first kappa shape index (κ1) is 16.4. The quantitative estimate of drug-likeness (QED) is 0.710. The monoisotopic (exact) mass is 271 g/mol. The van der Waals surface area contributed by atoms with Crippen LogP contribution in [-0.4, -0.2) is 24.1 Å². The van der Waals surface area contributed by atoms with Gasteiger partial charge in [0, 0.05) is 5.54 Å². The molecule has 0 spiro atoms. The summed E-state index contributed by atoms with van der Waals surface area (Å²) in [5, 5.41) is 3.72. The third kappa shape index (κ3) is 6.47. The maximum Gasteiger partial charge on any atom is 0.00966 e. The molecule has 1 aliphatic carbocycles. The Labute approximate surface area is 119 Å². The van der Waals surface area contributed by atoms with Gasteiger partial charge in [0.05, 0.1) is 0 Å². The van der Waals surface area contributed by atoms with Crippen LogP contribution in [-0.2, 0) is 0 Å². The summed E-state index contributed by atoms with van der Waals surface area (Å²) < 4.78 is 0. The minimum atomic E-state index is 0.271. The van der Waals surface area contributed by atoms with E-state index in [1.54, 1.807) is 0 Å². The lowest BCUT2D eigenvalue weighted by Crippen LogP contribution is -2.42. The van der Waals surface area contributed by atoms with E-state index in [0.717, 1.165) is 17.8 Å². The second-order valence-corrected chi connectivity index (χ2v) is 8.19. The summed E-state index contributed by atoms with van der Waals surface area (Å²) in [5.74, 6) is 4.18. The molecule has 2 heteroatoms. The Hall–Kier alpha value is 0.310. The van der Waals surface area contributed by atoms with Gasteiger partial charge in [0.15, 0.2) is 0 Å². The first-order chi connectivity index (χ1) is 8.42. The summed E-state index contributed by atoms with van der Waals surface area (Å²) in [7, 11) is 0. The van der Waals surface area contributed by atoms with E-state index in [-0.39, 0.29) is 5.54 Å². The van der Waals surface area contributed by atoms with E-state index in [1.165, 1.54) is 44.4 Å². The van der Waals surface area contributed by atoms with Crippen LogP contribution in [0.25, 0.3) is 0 Å². The zero-order chi connectivity index (χ0) is 13.6. The zero-order valence-electron chi connectivity index (χ0n) is 13.1. The predicted molar refractivity (Wildman–Crippen MR) is 85.4 cm³/mol. The third-order valence-electron chi connectivity index (χ3n) is 4.22. The molecule has 1 saturated carbocycles. The van der Waals surface area contributed by atoms with Gasteiger partial charge in [0.1, 0.15) is 0 Å². The van der Waals surface area contributed by atoms with Crippen molar-refractivity contribution in [2.24, 2.45) is 17.8 Å². The average Bonchev–Trinajstić information content (AvgIpc) is 2.27. The largest absolute Gasteiger partial charge is 0.312 e. The first-order valence-electron chi connectivity index (χ1n) is 7.66. The fraction of sp³-hybridized carbons (Fsp3) is 1.00. The minimum Gasteiger partial charge on any atom is -0.312 e.